The van der Waals surface area contributed by atoms with E-state index in [9.17, 15) is 19.2 Å². The van der Waals surface area contributed by atoms with Gasteiger partial charge in [0.05, 0.1) is 24.3 Å². The van der Waals surface area contributed by atoms with Crippen LogP contribution in [-0.2, 0) is 9.68 Å². The first-order valence-corrected chi connectivity index (χ1v) is 14.2. The summed E-state index contributed by atoms with van der Waals surface area (Å²) in [5.74, 6) is -0.117. The van der Waals surface area contributed by atoms with Gasteiger partial charge in [0, 0.05) is 28.2 Å². The van der Waals surface area contributed by atoms with Crippen LogP contribution >= 0.6 is 47.8 Å². The van der Waals surface area contributed by atoms with Crippen LogP contribution in [0.4, 0.5) is 19.2 Å². The van der Waals surface area contributed by atoms with Crippen LogP contribution in [0.25, 0.3) is 0 Å². The number of benzene rings is 1. The van der Waals surface area contributed by atoms with E-state index >= 15 is 0 Å². The van der Waals surface area contributed by atoms with Gasteiger partial charge in [0.1, 0.15) is 10.1 Å². The van der Waals surface area contributed by atoms with Gasteiger partial charge >= 0.3 is 24.4 Å². The minimum Gasteiger partial charge on any atom is -0.406 e. The molecule has 14 nitrogen and oxygen atoms in total. The highest BCUT2D eigenvalue weighted by molar-refractivity contribution is 8.13. The Labute approximate surface area is 237 Å². The molecule has 0 radical (unpaired) electrons. The summed E-state index contributed by atoms with van der Waals surface area (Å²) in [4.78, 5) is 58.6. The van der Waals surface area contributed by atoms with Crippen LogP contribution in [0, 0.1) is 0 Å². The normalized spacial score (nSPS) is 11.3. The molecule has 0 unspecified atom stereocenters. The van der Waals surface area contributed by atoms with Crippen molar-refractivity contribution in [2.45, 2.75) is 13.8 Å². The lowest BCUT2D eigenvalue weighted by Crippen LogP contribution is -2.31. The van der Waals surface area contributed by atoms with Gasteiger partial charge in [0.2, 0.25) is 0 Å². The average Bonchev–Trinajstić information content (AvgIpc) is 2.90. The fourth-order valence-corrected chi connectivity index (χ4v) is 3.20. The van der Waals surface area contributed by atoms with Crippen molar-refractivity contribution in [3.05, 3.63) is 24.3 Å². The molecule has 0 aliphatic carbocycles. The first-order valence-electron chi connectivity index (χ1n) is 10.3. The molecule has 0 saturated carbocycles. The molecule has 0 aliphatic rings. The van der Waals surface area contributed by atoms with Gasteiger partial charge in [-0.05, 0) is 38.5 Å². The van der Waals surface area contributed by atoms with E-state index < -0.39 is 24.4 Å². The summed E-state index contributed by atoms with van der Waals surface area (Å²) < 4.78 is 14.8. The summed E-state index contributed by atoms with van der Waals surface area (Å²) in [6.45, 7) is 3.34. The molecule has 1 aromatic rings. The molecule has 0 heterocycles. The van der Waals surface area contributed by atoms with Crippen molar-refractivity contribution < 1.29 is 38.3 Å². The lowest BCUT2D eigenvalue weighted by molar-refractivity contribution is 0.135. The Morgan fingerprint density at radius 1 is 0.632 bits per heavy atom. The molecule has 18 heteroatoms. The van der Waals surface area contributed by atoms with E-state index in [0.717, 1.165) is 17.2 Å². The number of para-hydroxylation sites is 2. The summed E-state index contributed by atoms with van der Waals surface area (Å²) in [5, 5.41) is 8.36. The maximum absolute atomic E-state index is 12.6. The standard InChI is InChI=1S/C20H28N6O8S4/c1-13(35-7)21-33-19(29)25(5)37-23(3)17(27)31-15-11-9-10-12-16(15)32-18(28)24(4)38-26(6)20(30)34-22-14(2)36-8/h9-12H,1-8H3/b21-13+,22-14+. The predicted octanol–water partition coefficient (Wildman–Crippen LogP) is 5.20. The number of hydrogen-bond donors (Lipinski definition) is 0. The second-order valence-electron chi connectivity index (χ2n) is 6.68. The van der Waals surface area contributed by atoms with Gasteiger partial charge in [-0.15, -0.1) is 23.5 Å². The van der Waals surface area contributed by atoms with Crippen molar-refractivity contribution in [2.75, 3.05) is 40.7 Å². The van der Waals surface area contributed by atoms with E-state index in [-0.39, 0.29) is 11.5 Å². The van der Waals surface area contributed by atoms with Crippen molar-refractivity contribution in [2.24, 2.45) is 10.3 Å². The Kier molecular flexibility index (Phi) is 14.6. The monoisotopic (exact) mass is 608 g/mol. The Morgan fingerprint density at radius 2 is 0.947 bits per heavy atom. The van der Waals surface area contributed by atoms with Crippen LogP contribution < -0.4 is 9.47 Å². The van der Waals surface area contributed by atoms with E-state index in [2.05, 4.69) is 10.3 Å². The molecule has 1 aromatic carbocycles. The zero-order chi connectivity index (χ0) is 28.8. The highest BCUT2D eigenvalue weighted by Crippen LogP contribution is 2.29. The third kappa shape index (κ3) is 11.6. The van der Waals surface area contributed by atoms with Gasteiger partial charge in [-0.25, -0.2) is 36.4 Å². The number of oxime groups is 2. The predicted molar refractivity (Wildman–Crippen MR) is 151 cm³/mol. The molecule has 0 aromatic heterocycles. The molecule has 0 saturated heterocycles. The first-order chi connectivity index (χ1) is 17.9. The molecule has 38 heavy (non-hydrogen) atoms. The van der Waals surface area contributed by atoms with E-state index in [1.807, 2.05) is 0 Å². The van der Waals surface area contributed by atoms with Gasteiger partial charge in [-0.1, -0.05) is 22.4 Å². The van der Waals surface area contributed by atoms with E-state index in [0.29, 0.717) is 34.4 Å². The Balaban J connectivity index is 2.74. The molecular weight excluding hydrogens is 581 g/mol. The van der Waals surface area contributed by atoms with Crippen LogP contribution in [0.5, 0.6) is 11.5 Å². The maximum atomic E-state index is 12.6. The fourth-order valence-electron chi connectivity index (χ4n) is 1.83. The van der Waals surface area contributed by atoms with Gasteiger partial charge < -0.3 is 9.47 Å². The quantitative estimate of drug-likeness (QED) is 0.126. The van der Waals surface area contributed by atoms with E-state index in [1.165, 1.54) is 63.8 Å². The lowest BCUT2D eigenvalue weighted by Gasteiger charge is -2.22. The molecule has 0 bridgehead atoms. The second kappa shape index (κ2) is 16.8. The summed E-state index contributed by atoms with van der Waals surface area (Å²) in [5.41, 5.74) is 0. The lowest BCUT2D eigenvalue weighted by atomic mass is 10.3. The number of rotatable bonds is 8. The topological polar surface area (TPSA) is 143 Å². The van der Waals surface area contributed by atoms with Gasteiger partial charge in [-0.3, -0.25) is 9.68 Å². The van der Waals surface area contributed by atoms with Gasteiger partial charge in [0.15, 0.2) is 11.5 Å². The zero-order valence-electron chi connectivity index (χ0n) is 21.9. The number of carbonyl (C=O) groups is 4. The van der Waals surface area contributed by atoms with Crippen LogP contribution in [0.15, 0.2) is 34.6 Å². The average molecular weight is 609 g/mol. The Hall–Kier alpha value is -2.96. The first kappa shape index (κ1) is 33.1. The van der Waals surface area contributed by atoms with E-state index in [1.54, 1.807) is 38.5 Å². The number of nitrogens with zero attached hydrogens (tertiary/aromatic N) is 6. The zero-order valence-corrected chi connectivity index (χ0v) is 25.2. The second-order valence-corrected chi connectivity index (χ2v) is 11.2. The third-order valence-electron chi connectivity index (χ3n) is 3.86. The number of carbonyl (C=O) groups excluding carboxylic acids is 4. The fraction of sp³-hybridized carbons (Fsp3) is 0.400. The van der Waals surface area contributed by atoms with Crippen LogP contribution in [-0.4, -0.2) is 92.4 Å². The van der Waals surface area contributed by atoms with Crippen molar-refractivity contribution in [3.63, 3.8) is 0 Å². The number of hydrogen-bond acceptors (Lipinski definition) is 14. The van der Waals surface area contributed by atoms with Crippen LogP contribution in [0.3, 0.4) is 0 Å². The van der Waals surface area contributed by atoms with Crippen molar-refractivity contribution in [3.8, 4) is 11.5 Å². The highest BCUT2D eigenvalue weighted by atomic mass is 32.2. The largest absolute Gasteiger partial charge is 0.447 e. The molecular formula is C20H28N6O8S4. The molecule has 0 atom stereocenters. The molecule has 0 spiro atoms. The number of thioether (sulfide) groups is 2. The Bertz CT molecular complexity index is 979. The molecule has 1 rings (SSSR count). The smallest absolute Gasteiger partial charge is 0.406 e. The molecule has 0 aliphatic heterocycles. The SMILES string of the molecule is CS/C(C)=N/OC(=O)N(C)SN(C)C(=O)Oc1ccccc1OC(=O)N(C)SN(C)C(=O)O/N=C(\C)SC. The van der Waals surface area contributed by atoms with Crippen LogP contribution in [0.1, 0.15) is 13.8 Å². The van der Waals surface area contributed by atoms with E-state index in [4.69, 9.17) is 19.1 Å². The van der Waals surface area contributed by atoms with Gasteiger partial charge in [0.25, 0.3) is 0 Å². The molecule has 0 N–H and O–H groups in total. The van der Waals surface area contributed by atoms with Gasteiger partial charge in [-0.2, -0.15) is 0 Å². The number of amides is 4. The maximum Gasteiger partial charge on any atom is 0.447 e. The van der Waals surface area contributed by atoms with Crippen molar-refractivity contribution in [1.82, 2.24) is 17.2 Å². The van der Waals surface area contributed by atoms with Crippen LogP contribution in [0.2, 0.25) is 0 Å². The minimum absolute atomic E-state index is 0.0585. The summed E-state index contributed by atoms with van der Waals surface area (Å²) >= 11 is 4.01. The molecule has 0 fully saturated rings. The highest BCUT2D eigenvalue weighted by Gasteiger charge is 2.23. The Morgan fingerprint density at radius 3 is 1.26 bits per heavy atom. The molecule has 4 amide bonds. The van der Waals surface area contributed by atoms with Crippen molar-refractivity contribution in [1.29, 1.82) is 0 Å². The minimum atomic E-state index is -0.867. The number of ether oxygens (including phenoxy) is 2. The van der Waals surface area contributed by atoms with Crippen molar-refractivity contribution >= 4 is 82.3 Å². The molecule has 210 valence electrons. The summed E-state index contributed by atoms with van der Waals surface area (Å²) in [7, 11) is 5.50. The summed E-state index contributed by atoms with van der Waals surface area (Å²) in [6.07, 6.45) is 0.207. The third-order valence-corrected chi connectivity index (χ3v) is 6.76. The summed E-state index contributed by atoms with van der Waals surface area (Å²) in [6, 6.07) is 5.98.